The molecule has 0 radical (unpaired) electrons. The van der Waals surface area contributed by atoms with Gasteiger partial charge in [-0.2, -0.15) is 0 Å². The van der Waals surface area contributed by atoms with Crippen molar-refractivity contribution in [1.29, 1.82) is 0 Å². The molecule has 1 N–H and O–H groups in total. The van der Waals surface area contributed by atoms with Gasteiger partial charge in [-0.25, -0.2) is 0 Å². The van der Waals surface area contributed by atoms with Crippen molar-refractivity contribution >= 4 is 16.7 Å². The summed E-state index contributed by atoms with van der Waals surface area (Å²) in [5.41, 5.74) is 0.731. The highest BCUT2D eigenvalue weighted by atomic mass is 16.5. The Hall–Kier alpha value is -1.87. The minimum atomic E-state index is -0.0201. The Kier molecular flexibility index (Phi) is 4.93. The first-order valence-electron chi connectivity index (χ1n) is 6.66. The van der Waals surface area contributed by atoms with E-state index in [9.17, 15) is 4.79 Å². The molecule has 0 aromatic heterocycles. The number of ether oxygens (including phenoxy) is 1. The quantitative estimate of drug-likeness (QED) is 0.808. The van der Waals surface area contributed by atoms with E-state index in [1.807, 2.05) is 49.4 Å². The van der Waals surface area contributed by atoms with E-state index in [4.69, 9.17) is 4.74 Å². The fourth-order valence-electron chi connectivity index (χ4n) is 2.04. The zero-order chi connectivity index (χ0) is 13.5. The first-order valence-corrected chi connectivity index (χ1v) is 6.66. The number of hydrogen-bond donors (Lipinski definition) is 1. The number of fused-ring (bicyclic) bond motifs is 1. The summed E-state index contributed by atoms with van der Waals surface area (Å²) in [5, 5.41) is 5.01. The fourth-order valence-corrected chi connectivity index (χ4v) is 2.04. The van der Waals surface area contributed by atoms with Crippen molar-refractivity contribution in [3.63, 3.8) is 0 Å². The zero-order valence-corrected chi connectivity index (χ0v) is 11.2. The maximum Gasteiger partial charge on any atom is 0.251 e. The number of hydrogen-bond acceptors (Lipinski definition) is 2. The molecule has 2 aromatic rings. The van der Waals surface area contributed by atoms with Crippen LogP contribution in [-0.4, -0.2) is 25.7 Å². The molecule has 100 valence electrons. The molecular formula is C16H19NO2. The van der Waals surface area contributed by atoms with Gasteiger partial charge in [0, 0.05) is 25.3 Å². The number of rotatable bonds is 6. The van der Waals surface area contributed by atoms with E-state index in [-0.39, 0.29) is 5.91 Å². The lowest BCUT2D eigenvalue weighted by Crippen LogP contribution is -2.25. The van der Waals surface area contributed by atoms with Crippen LogP contribution in [0.4, 0.5) is 0 Å². The summed E-state index contributed by atoms with van der Waals surface area (Å²) in [6, 6.07) is 13.7. The number of benzene rings is 2. The summed E-state index contributed by atoms with van der Waals surface area (Å²) in [6.45, 7) is 4.01. The third kappa shape index (κ3) is 3.55. The lowest BCUT2D eigenvalue weighted by Gasteiger charge is -2.08. The van der Waals surface area contributed by atoms with Crippen LogP contribution in [0.1, 0.15) is 23.7 Å². The van der Waals surface area contributed by atoms with Crippen LogP contribution in [0.2, 0.25) is 0 Å². The third-order valence-electron chi connectivity index (χ3n) is 2.99. The minimum absolute atomic E-state index is 0.0201. The van der Waals surface area contributed by atoms with Crippen LogP contribution in [-0.2, 0) is 4.74 Å². The maximum atomic E-state index is 12.1. The second-order valence-electron chi connectivity index (χ2n) is 4.33. The van der Waals surface area contributed by atoms with E-state index in [1.165, 1.54) is 0 Å². The summed E-state index contributed by atoms with van der Waals surface area (Å²) < 4.78 is 5.24. The normalized spacial score (nSPS) is 10.6. The van der Waals surface area contributed by atoms with Gasteiger partial charge in [0.25, 0.3) is 5.91 Å². The molecule has 0 aliphatic carbocycles. The fraction of sp³-hybridized carbons (Fsp3) is 0.312. The van der Waals surface area contributed by atoms with E-state index in [0.29, 0.717) is 13.2 Å². The lowest BCUT2D eigenvalue weighted by atomic mass is 10.0. The van der Waals surface area contributed by atoms with Crippen LogP contribution in [0.25, 0.3) is 10.8 Å². The molecule has 0 saturated heterocycles. The van der Waals surface area contributed by atoms with Gasteiger partial charge in [-0.05, 0) is 30.2 Å². The van der Waals surface area contributed by atoms with E-state index in [2.05, 4.69) is 5.32 Å². The van der Waals surface area contributed by atoms with Gasteiger partial charge in [0.1, 0.15) is 0 Å². The number of amides is 1. The van der Waals surface area contributed by atoms with Gasteiger partial charge in [0.2, 0.25) is 0 Å². The van der Waals surface area contributed by atoms with Crippen molar-refractivity contribution in [1.82, 2.24) is 5.32 Å². The van der Waals surface area contributed by atoms with Crippen molar-refractivity contribution in [3.05, 3.63) is 48.0 Å². The highest BCUT2D eigenvalue weighted by molar-refractivity contribution is 6.06. The summed E-state index contributed by atoms with van der Waals surface area (Å²) >= 11 is 0. The molecule has 2 aromatic carbocycles. The van der Waals surface area contributed by atoms with Gasteiger partial charge in [-0.3, -0.25) is 4.79 Å². The summed E-state index contributed by atoms with van der Waals surface area (Å²) in [7, 11) is 0. The van der Waals surface area contributed by atoms with E-state index >= 15 is 0 Å². The van der Waals surface area contributed by atoms with Crippen molar-refractivity contribution in [3.8, 4) is 0 Å². The van der Waals surface area contributed by atoms with Crippen molar-refractivity contribution in [2.45, 2.75) is 13.3 Å². The largest absolute Gasteiger partial charge is 0.382 e. The Labute approximate surface area is 113 Å². The molecule has 0 spiro atoms. The van der Waals surface area contributed by atoms with Crippen LogP contribution in [0.5, 0.6) is 0 Å². The Morgan fingerprint density at radius 3 is 2.79 bits per heavy atom. The minimum Gasteiger partial charge on any atom is -0.382 e. The molecule has 19 heavy (non-hydrogen) atoms. The summed E-state index contributed by atoms with van der Waals surface area (Å²) in [5.74, 6) is -0.0201. The van der Waals surface area contributed by atoms with Gasteiger partial charge >= 0.3 is 0 Å². The molecule has 2 rings (SSSR count). The third-order valence-corrected chi connectivity index (χ3v) is 2.99. The predicted molar refractivity (Wildman–Crippen MR) is 77.4 cm³/mol. The van der Waals surface area contributed by atoms with Crippen LogP contribution >= 0.6 is 0 Å². The van der Waals surface area contributed by atoms with E-state index in [0.717, 1.165) is 29.4 Å². The first-order chi connectivity index (χ1) is 9.33. The van der Waals surface area contributed by atoms with Crippen LogP contribution in [0, 0.1) is 0 Å². The molecule has 0 saturated carbocycles. The monoisotopic (exact) mass is 257 g/mol. The highest BCUT2D eigenvalue weighted by Crippen LogP contribution is 2.18. The first kappa shape index (κ1) is 13.6. The molecule has 0 aliphatic heterocycles. The van der Waals surface area contributed by atoms with Crippen molar-refractivity contribution in [2.75, 3.05) is 19.8 Å². The molecule has 0 heterocycles. The average molecular weight is 257 g/mol. The molecular weight excluding hydrogens is 238 g/mol. The topological polar surface area (TPSA) is 38.3 Å². The van der Waals surface area contributed by atoms with Crippen molar-refractivity contribution in [2.24, 2.45) is 0 Å². The highest BCUT2D eigenvalue weighted by Gasteiger charge is 2.08. The second-order valence-corrected chi connectivity index (χ2v) is 4.33. The second kappa shape index (κ2) is 6.90. The number of carbonyl (C=O) groups excluding carboxylic acids is 1. The van der Waals surface area contributed by atoms with E-state index < -0.39 is 0 Å². The summed E-state index contributed by atoms with van der Waals surface area (Å²) in [4.78, 5) is 12.1. The molecule has 3 nitrogen and oxygen atoms in total. The average Bonchev–Trinajstić information content (AvgIpc) is 2.46. The zero-order valence-electron chi connectivity index (χ0n) is 11.2. The Balaban J connectivity index is 2.01. The van der Waals surface area contributed by atoms with Gasteiger partial charge in [-0.1, -0.05) is 36.4 Å². The molecule has 1 amide bonds. The molecule has 0 atom stereocenters. The van der Waals surface area contributed by atoms with E-state index in [1.54, 1.807) is 0 Å². The Bertz CT molecular complexity index is 546. The van der Waals surface area contributed by atoms with Crippen LogP contribution in [0.3, 0.4) is 0 Å². The Morgan fingerprint density at radius 1 is 1.16 bits per heavy atom. The lowest BCUT2D eigenvalue weighted by molar-refractivity contribution is 0.0946. The van der Waals surface area contributed by atoms with Gasteiger partial charge in [0.05, 0.1) is 0 Å². The predicted octanol–water partition coefficient (Wildman–Crippen LogP) is 3.00. The van der Waals surface area contributed by atoms with Crippen molar-refractivity contribution < 1.29 is 9.53 Å². The number of carbonyl (C=O) groups is 1. The van der Waals surface area contributed by atoms with Crippen LogP contribution < -0.4 is 5.32 Å². The molecule has 0 aliphatic rings. The van der Waals surface area contributed by atoms with Gasteiger partial charge in [0.15, 0.2) is 0 Å². The summed E-state index contributed by atoms with van der Waals surface area (Å²) in [6.07, 6.45) is 0.838. The molecule has 3 heteroatoms. The molecule has 0 fully saturated rings. The molecule has 0 bridgehead atoms. The Morgan fingerprint density at radius 2 is 1.95 bits per heavy atom. The number of nitrogens with one attached hydrogen (secondary N) is 1. The molecule has 0 unspecified atom stereocenters. The van der Waals surface area contributed by atoms with Crippen LogP contribution in [0.15, 0.2) is 42.5 Å². The van der Waals surface area contributed by atoms with Gasteiger partial charge in [-0.15, -0.1) is 0 Å². The SMILES string of the molecule is CCOCCCNC(=O)c1cccc2ccccc12. The maximum absolute atomic E-state index is 12.1. The standard InChI is InChI=1S/C16H19NO2/c1-2-19-12-6-11-17-16(18)15-10-5-8-13-7-3-4-9-14(13)15/h3-5,7-10H,2,6,11-12H2,1H3,(H,17,18). The smallest absolute Gasteiger partial charge is 0.251 e. The van der Waals surface area contributed by atoms with Gasteiger partial charge < -0.3 is 10.1 Å².